The number of hydrogen-bond acceptors (Lipinski definition) is 3. The minimum absolute atomic E-state index is 0.553. The zero-order valence-corrected chi connectivity index (χ0v) is 9.36. The Morgan fingerprint density at radius 2 is 1.53 bits per heavy atom. The highest BCUT2D eigenvalue weighted by Gasteiger charge is 2.02. The summed E-state index contributed by atoms with van der Waals surface area (Å²) >= 11 is 0. The van der Waals surface area contributed by atoms with E-state index in [0.717, 1.165) is 18.1 Å². The Kier molecular flexibility index (Phi) is 5.63. The molecular formula is C12H18O3. The average molecular weight is 210 g/mol. The molecule has 0 aliphatic carbocycles. The summed E-state index contributed by atoms with van der Waals surface area (Å²) in [5.41, 5.74) is 0. The first-order valence-electron chi connectivity index (χ1n) is 5.30. The normalized spacial score (nSPS) is 10.0. The second-order valence-electron chi connectivity index (χ2n) is 2.93. The maximum absolute atomic E-state index is 5.54. The van der Waals surface area contributed by atoms with Gasteiger partial charge >= 0.3 is 0 Å². The fourth-order valence-corrected chi connectivity index (χ4v) is 1.20. The fraction of sp³-hybridized carbons (Fsp3) is 0.500. The summed E-state index contributed by atoms with van der Waals surface area (Å²) in [7, 11) is 0. The molecule has 0 N–H and O–H groups in total. The van der Waals surface area contributed by atoms with Gasteiger partial charge in [0.05, 0.1) is 13.2 Å². The molecule has 0 saturated heterocycles. The van der Waals surface area contributed by atoms with Crippen molar-refractivity contribution in [2.24, 2.45) is 0 Å². The minimum atomic E-state index is 0.553. The lowest BCUT2D eigenvalue weighted by atomic mass is 10.3. The molecule has 3 heteroatoms. The third-order valence-electron chi connectivity index (χ3n) is 1.84. The van der Waals surface area contributed by atoms with E-state index in [2.05, 4.69) is 0 Å². The van der Waals surface area contributed by atoms with Crippen LogP contribution in [0.15, 0.2) is 24.3 Å². The molecule has 3 nitrogen and oxygen atoms in total. The van der Waals surface area contributed by atoms with Gasteiger partial charge < -0.3 is 14.2 Å². The Hall–Kier alpha value is -1.22. The summed E-state index contributed by atoms with van der Waals surface area (Å²) in [6.45, 7) is 6.45. The number of rotatable bonds is 7. The Labute approximate surface area is 91.0 Å². The molecule has 0 bridgehead atoms. The van der Waals surface area contributed by atoms with Crippen molar-refractivity contribution >= 4 is 0 Å². The molecule has 0 atom stereocenters. The molecule has 0 aliphatic heterocycles. The molecule has 84 valence electrons. The lowest BCUT2D eigenvalue weighted by molar-refractivity contribution is 0.108. The SMILES string of the molecule is CCOCCOc1ccccc1OCC. The molecule has 1 aromatic carbocycles. The highest BCUT2D eigenvalue weighted by atomic mass is 16.5. The molecule has 0 radical (unpaired) electrons. The number of hydrogen-bond donors (Lipinski definition) is 0. The molecule has 0 unspecified atom stereocenters. The first-order valence-corrected chi connectivity index (χ1v) is 5.30. The average Bonchev–Trinajstić information content (AvgIpc) is 2.27. The van der Waals surface area contributed by atoms with Crippen molar-refractivity contribution in [3.8, 4) is 11.5 Å². The third kappa shape index (κ3) is 4.21. The van der Waals surface area contributed by atoms with Gasteiger partial charge in [0.15, 0.2) is 11.5 Å². The summed E-state index contributed by atoms with van der Waals surface area (Å²) < 4.78 is 16.2. The lowest BCUT2D eigenvalue weighted by Gasteiger charge is -2.11. The van der Waals surface area contributed by atoms with Crippen LogP contribution in [0.4, 0.5) is 0 Å². The molecular weight excluding hydrogens is 192 g/mol. The van der Waals surface area contributed by atoms with E-state index >= 15 is 0 Å². The van der Waals surface area contributed by atoms with Crippen molar-refractivity contribution in [3.63, 3.8) is 0 Å². The van der Waals surface area contributed by atoms with Crippen molar-refractivity contribution in [3.05, 3.63) is 24.3 Å². The monoisotopic (exact) mass is 210 g/mol. The van der Waals surface area contributed by atoms with Crippen molar-refractivity contribution in [2.45, 2.75) is 13.8 Å². The number of benzene rings is 1. The van der Waals surface area contributed by atoms with Crippen molar-refractivity contribution in [2.75, 3.05) is 26.4 Å². The summed E-state index contributed by atoms with van der Waals surface area (Å²) in [6, 6.07) is 7.66. The van der Waals surface area contributed by atoms with E-state index in [1.54, 1.807) is 0 Å². The highest BCUT2D eigenvalue weighted by molar-refractivity contribution is 5.39. The van der Waals surface area contributed by atoms with Crippen LogP contribution in [0, 0.1) is 0 Å². The van der Waals surface area contributed by atoms with Crippen LogP contribution in [0.25, 0.3) is 0 Å². The Morgan fingerprint density at radius 3 is 2.13 bits per heavy atom. The molecule has 0 saturated carbocycles. The first kappa shape index (κ1) is 11.9. The van der Waals surface area contributed by atoms with Gasteiger partial charge in [-0.2, -0.15) is 0 Å². The fourth-order valence-electron chi connectivity index (χ4n) is 1.20. The van der Waals surface area contributed by atoms with Gasteiger partial charge in [0.2, 0.25) is 0 Å². The summed E-state index contributed by atoms with van der Waals surface area (Å²) in [5, 5.41) is 0. The second-order valence-corrected chi connectivity index (χ2v) is 2.93. The maximum Gasteiger partial charge on any atom is 0.161 e. The highest BCUT2D eigenvalue weighted by Crippen LogP contribution is 2.25. The van der Waals surface area contributed by atoms with Gasteiger partial charge in [-0.25, -0.2) is 0 Å². The largest absolute Gasteiger partial charge is 0.490 e. The quantitative estimate of drug-likeness (QED) is 0.647. The van der Waals surface area contributed by atoms with Gasteiger partial charge in [0.1, 0.15) is 6.61 Å². The Bertz CT molecular complexity index is 273. The maximum atomic E-state index is 5.54. The smallest absolute Gasteiger partial charge is 0.161 e. The minimum Gasteiger partial charge on any atom is -0.490 e. The van der Waals surface area contributed by atoms with Gasteiger partial charge in [-0.15, -0.1) is 0 Å². The molecule has 1 rings (SSSR count). The number of ether oxygens (including phenoxy) is 3. The van der Waals surface area contributed by atoms with Crippen LogP contribution < -0.4 is 9.47 Å². The molecule has 0 fully saturated rings. The van der Waals surface area contributed by atoms with Crippen LogP contribution >= 0.6 is 0 Å². The molecule has 15 heavy (non-hydrogen) atoms. The van der Waals surface area contributed by atoms with E-state index in [4.69, 9.17) is 14.2 Å². The van der Waals surface area contributed by atoms with Gasteiger partial charge in [0, 0.05) is 6.61 Å². The topological polar surface area (TPSA) is 27.7 Å². The molecule has 0 aromatic heterocycles. The lowest BCUT2D eigenvalue weighted by Crippen LogP contribution is -2.07. The summed E-state index contributed by atoms with van der Waals surface area (Å²) in [5.74, 6) is 1.57. The van der Waals surface area contributed by atoms with Crippen molar-refractivity contribution in [1.82, 2.24) is 0 Å². The zero-order valence-electron chi connectivity index (χ0n) is 9.36. The van der Waals surface area contributed by atoms with Gasteiger partial charge in [-0.1, -0.05) is 12.1 Å². The summed E-state index contributed by atoms with van der Waals surface area (Å²) in [6.07, 6.45) is 0. The molecule has 1 aromatic rings. The van der Waals surface area contributed by atoms with E-state index < -0.39 is 0 Å². The van der Waals surface area contributed by atoms with Gasteiger partial charge in [-0.05, 0) is 26.0 Å². The van der Waals surface area contributed by atoms with E-state index in [1.807, 2.05) is 38.1 Å². The molecule has 0 amide bonds. The Morgan fingerprint density at radius 1 is 0.867 bits per heavy atom. The van der Waals surface area contributed by atoms with Crippen molar-refractivity contribution in [1.29, 1.82) is 0 Å². The van der Waals surface area contributed by atoms with E-state index in [9.17, 15) is 0 Å². The zero-order chi connectivity index (χ0) is 10.9. The summed E-state index contributed by atoms with van der Waals surface area (Å²) in [4.78, 5) is 0. The standard InChI is InChI=1S/C12H18O3/c1-3-13-9-10-15-12-8-6-5-7-11(12)14-4-2/h5-8H,3-4,9-10H2,1-2H3. The first-order chi connectivity index (χ1) is 7.38. The Balaban J connectivity index is 2.44. The van der Waals surface area contributed by atoms with E-state index in [-0.39, 0.29) is 0 Å². The van der Waals surface area contributed by atoms with Crippen LogP contribution in [0.3, 0.4) is 0 Å². The van der Waals surface area contributed by atoms with Crippen LogP contribution in [0.5, 0.6) is 11.5 Å². The number of para-hydroxylation sites is 2. The predicted molar refractivity (Wildman–Crippen MR) is 59.6 cm³/mol. The van der Waals surface area contributed by atoms with Crippen LogP contribution in [0.1, 0.15) is 13.8 Å². The van der Waals surface area contributed by atoms with Gasteiger partial charge in [-0.3, -0.25) is 0 Å². The van der Waals surface area contributed by atoms with Crippen LogP contribution in [-0.4, -0.2) is 26.4 Å². The molecule has 0 spiro atoms. The van der Waals surface area contributed by atoms with E-state index in [1.165, 1.54) is 0 Å². The predicted octanol–water partition coefficient (Wildman–Crippen LogP) is 2.50. The van der Waals surface area contributed by atoms with Gasteiger partial charge in [0.25, 0.3) is 0 Å². The van der Waals surface area contributed by atoms with Crippen molar-refractivity contribution < 1.29 is 14.2 Å². The molecule has 0 heterocycles. The second kappa shape index (κ2) is 7.12. The third-order valence-corrected chi connectivity index (χ3v) is 1.84. The van der Waals surface area contributed by atoms with Crippen LogP contribution in [0.2, 0.25) is 0 Å². The van der Waals surface area contributed by atoms with Crippen LogP contribution in [-0.2, 0) is 4.74 Å². The van der Waals surface area contributed by atoms with E-state index in [0.29, 0.717) is 19.8 Å². The molecule has 0 aliphatic rings.